The molecule has 0 aromatic heterocycles. The Morgan fingerprint density at radius 3 is 1.80 bits per heavy atom. The SMILES string of the molecule is O=S(=O)(Oc1c(Br)cc(Br)cc1Br)c1ccc(Br)cc1. The molecule has 2 aromatic carbocycles. The molecule has 2 rings (SSSR count). The molecule has 8 heteroatoms. The molecular weight excluding hydrogens is 544 g/mol. The van der Waals surface area contributed by atoms with E-state index in [1.54, 1.807) is 24.3 Å². The zero-order valence-corrected chi connectivity index (χ0v) is 16.8. The number of hydrogen-bond acceptors (Lipinski definition) is 3. The van der Waals surface area contributed by atoms with Crippen molar-refractivity contribution in [2.24, 2.45) is 0 Å². The minimum atomic E-state index is -3.88. The largest absolute Gasteiger partial charge is 0.377 e. The molecule has 0 aliphatic rings. The Kier molecular flexibility index (Phi) is 5.34. The Morgan fingerprint density at radius 2 is 1.30 bits per heavy atom. The summed E-state index contributed by atoms with van der Waals surface area (Å²) in [5, 5.41) is 0. The Morgan fingerprint density at radius 1 is 0.800 bits per heavy atom. The van der Waals surface area contributed by atoms with E-state index in [4.69, 9.17) is 4.18 Å². The van der Waals surface area contributed by atoms with Crippen molar-refractivity contribution < 1.29 is 12.6 Å². The van der Waals surface area contributed by atoms with Crippen LogP contribution in [0.1, 0.15) is 0 Å². The van der Waals surface area contributed by atoms with E-state index in [1.165, 1.54) is 12.1 Å². The van der Waals surface area contributed by atoms with Crippen molar-refractivity contribution in [3.63, 3.8) is 0 Å². The van der Waals surface area contributed by atoms with E-state index in [2.05, 4.69) is 63.7 Å². The lowest BCUT2D eigenvalue weighted by molar-refractivity contribution is 0.483. The van der Waals surface area contributed by atoms with E-state index in [-0.39, 0.29) is 10.6 Å². The molecule has 0 saturated carbocycles. The highest BCUT2D eigenvalue weighted by atomic mass is 79.9. The molecule has 0 amide bonds. The molecule has 2 aromatic rings. The predicted octanol–water partition coefficient (Wildman–Crippen LogP) is 5.50. The molecule has 0 saturated heterocycles. The number of halogens is 4. The van der Waals surface area contributed by atoms with E-state index in [1.807, 2.05) is 0 Å². The Balaban J connectivity index is 2.41. The summed E-state index contributed by atoms with van der Waals surface area (Å²) in [5.41, 5.74) is 0. The fraction of sp³-hybridized carbons (Fsp3) is 0. The molecule has 0 unspecified atom stereocenters. The highest BCUT2D eigenvalue weighted by Crippen LogP contribution is 2.38. The number of rotatable bonds is 3. The predicted molar refractivity (Wildman–Crippen MR) is 91.5 cm³/mol. The number of benzene rings is 2. The summed E-state index contributed by atoms with van der Waals surface area (Å²) in [5.74, 6) is 0.205. The minimum absolute atomic E-state index is 0.0856. The molecule has 0 fully saturated rings. The zero-order valence-electron chi connectivity index (χ0n) is 9.61. The van der Waals surface area contributed by atoms with Gasteiger partial charge in [0.05, 0.1) is 8.95 Å². The summed E-state index contributed by atoms with van der Waals surface area (Å²) < 4.78 is 32.3. The second kappa shape index (κ2) is 6.48. The van der Waals surface area contributed by atoms with Gasteiger partial charge in [-0.25, -0.2) is 0 Å². The molecule has 3 nitrogen and oxygen atoms in total. The van der Waals surface area contributed by atoms with E-state index in [0.29, 0.717) is 8.95 Å². The van der Waals surface area contributed by atoms with Gasteiger partial charge in [0.2, 0.25) is 0 Å². The summed E-state index contributed by atoms with van der Waals surface area (Å²) in [4.78, 5) is 0.0856. The van der Waals surface area contributed by atoms with Gasteiger partial charge in [-0.05, 0) is 68.3 Å². The van der Waals surface area contributed by atoms with Crippen LogP contribution >= 0.6 is 63.7 Å². The molecule has 0 atom stereocenters. The molecule has 0 aliphatic carbocycles. The fourth-order valence-electron chi connectivity index (χ4n) is 1.37. The minimum Gasteiger partial charge on any atom is -0.377 e. The second-order valence-electron chi connectivity index (χ2n) is 3.69. The van der Waals surface area contributed by atoms with Gasteiger partial charge in [0.1, 0.15) is 4.90 Å². The standard InChI is InChI=1S/C12H6Br4O3S/c13-7-1-3-9(4-2-7)20(17,18)19-12-10(15)5-8(14)6-11(12)16/h1-6H. The van der Waals surface area contributed by atoms with Crippen LogP contribution in [-0.2, 0) is 10.1 Å². The van der Waals surface area contributed by atoms with E-state index in [0.717, 1.165) is 8.95 Å². The van der Waals surface area contributed by atoms with Crippen molar-refractivity contribution in [3.8, 4) is 5.75 Å². The molecule has 0 radical (unpaired) electrons. The summed E-state index contributed by atoms with van der Waals surface area (Å²) >= 11 is 13.1. The van der Waals surface area contributed by atoms with Crippen molar-refractivity contribution in [2.75, 3.05) is 0 Å². The molecule has 106 valence electrons. The lowest BCUT2D eigenvalue weighted by Gasteiger charge is -2.11. The third-order valence-corrected chi connectivity index (χ3v) is 5.66. The van der Waals surface area contributed by atoms with E-state index < -0.39 is 10.1 Å². The maximum absolute atomic E-state index is 12.2. The molecule has 0 N–H and O–H groups in total. The van der Waals surface area contributed by atoms with Gasteiger partial charge in [0.25, 0.3) is 0 Å². The van der Waals surface area contributed by atoms with Gasteiger partial charge in [-0.15, -0.1) is 0 Å². The smallest absolute Gasteiger partial charge is 0.339 e. The Hall–Kier alpha value is 0.110. The lowest BCUT2D eigenvalue weighted by Crippen LogP contribution is -2.10. The van der Waals surface area contributed by atoms with Crippen LogP contribution in [0.3, 0.4) is 0 Å². The Labute approximate surface area is 150 Å². The van der Waals surface area contributed by atoms with Gasteiger partial charge < -0.3 is 4.18 Å². The number of hydrogen-bond donors (Lipinski definition) is 0. The van der Waals surface area contributed by atoms with E-state index in [9.17, 15) is 8.42 Å². The summed E-state index contributed by atoms with van der Waals surface area (Å²) in [7, 11) is -3.88. The van der Waals surface area contributed by atoms with E-state index >= 15 is 0 Å². The van der Waals surface area contributed by atoms with Crippen molar-refractivity contribution in [2.45, 2.75) is 4.90 Å². The monoisotopic (exact) mass is 546 g/mol. The van der Waals surface area contributed by atoms with Gasteiger partial charge in [0.15, 0.2) is 5.75 Å². The maximum Gasteiger partial charge on any atom is 0.339 e. The van der Waals surface area contributed by atoms with Gasteiger partial charge in [-0.2, -0.15) is 8.42 Å². The van der Waals surface area contributed by atoms with Crippen LogP contribution in [0.2, 0.25) is 0 Å². The van der Waals surface area contributed by atoms with Crippen LogP contribution in [0.5, 0.6) is 5.75 Å². The molecule has 20 heavy (non-hydrogen) atoms. The quantitative estimate of drug-likeness (QED) is 0.475. The zero-order chi connectivity index (χ0) is 14.9. The van der Waals surface area contributed by atoms with Crippen LogP contribution in [0.15, 0.2) is 59.2 Å². The van der Waals surface area contributed by atoms with Crippen LogP contribution in [-0.4, -0.2) is 8.42 Å². The Bertz CT molecular complexity index is 719. The molecule has 0 spiro atoms. The first-order valence-corrected chi connectivity index (χ1v) is 9.72. The first kappa shape index (κ1) is 16.5. The molecule has 0 aliphatic heterocycles. The normalized spacial score (nSPS) is 11.4. The summed E-state index contributed by atoms with van der Waals surface area (Å²) in [6.45, 7) is 0. The molecular formula is C12H6Br4O3S. The maximum atomic E-state index is 12.2. The lowest BCUT2D eigenvalue weighted by atomic mass is 10.3. The molecule has 0 bridgehead atoms. The summed E-state index contributed by atoms with van der Waals surface area (Å²) in [6, 6.07) is 9.64. The third kappa shape index (κ3) is 3.85. The van der Waals surface area contributed by atoms with Crippen LogP contribution in [0, 0.1) is 0 Å². The first-order chi connectivity index (χ1) is 9.29. The van der Waals surface area contributed by atoms with Crippen molar-refractivity contribution in [3.05, 3.63) is 54.3 Å². The highest BCUT2D eigenvalue weighted by molar-refractivity contribution is 9.11. The van der Waals surface area contributed by atoms with Crippen LogP contribution in [0.25, 0.3) is 0 Å². The van der Waals surface area contributed by atoms with Crippen LogP contribution in [0.4, 0.5) is 0 Å². The van der Waals surface area contributed by atoms with Crippen molar-refractivity contribution >= 4 is 73.8 Å². The first-order valence-electron chi connectivity index (χ1n) is 5.14. The second-order valence-corrected chi connectivity index (χ2v) is 8.78. The van der Waals surface area contributed by atoms with Crippen molar-refractivity contribution in [1.29, 1.82) is 0 Å². The van der Waals surface area contributed by atoms with Gasteiger partial charge >= 0.3 is 10.1 Å². The molecule has 0 heterocycles. The fourth-order valence-corrected chi connectivity index (χ4v) is 5.23. The van der Waals surface area contributed by atoms with Gasteiger partial charge in [0, 0.05) is 8.95 Å². The van der Waals surface area contributed by atoms with Gasteiger partial charge in [-0.3, -0.25) is 0 Å². The average Bonchev–Trinajstić information content (AvgIpc) is 2.34. The topological polar surface area (TPSA) is 43.4 Å². The van der Waals surface area contributed by atoms with Crippen molar-refractivity contribution in [1.82, 2.24) is 0 Å². The average molecular weight is 550 g/mol. The summed E-state index contributed by atoms with van der Waals surface area (Å²) in [6.07, 6.45) is 0. The third-order valence-electron chi connectivity index (χ3n) is 2.26. The van der Waals surface area contributed by atoms with Crippen LogP contribution < -0.4 is 4.18 Å². The highest BCUT2D eigenvalue weighted by Gasteiger charge is 2.20. The van der Waals surface area contributed by atoms with Gasteiger partial charge in [-0.1, -0.05) is 31.9 Å².